The standard InChI is InChI=1S/C14H22O/c1-2-11-10-13(11)14(15)12-8-6-4-3-5-7-9-12/h8,11,13H,2-7,9-10H2,1H3/b12-8+. The largest absolute Gasteiger partial charge is 0.294 e. The third-order valence-corrected chi connectivity index (χ3v) is 3.89. The maximum atomic E-state index is 12.1. The number of ketones is 1. The number of carbonyl (C=O) groups excluding carboxylic acids is 1. The molecule has 84 valence electrons. The minimum atomic E-state index is 0.403. The average Bonchev–Trinajstić information content (AvgIpc) is 2.95. The van der Waals surface area contributed by atoms with Gasteiger partial charge in [0.15, 0.2) is 5.78 Å². The zero-order chi connectivity index (χ0) is 10.7. The molecule has 0 N–H and O–H groups in total. The van der Waals surface area contributed by atoms with E-state index in [-0.39, 0.29) is 0 Å². The lowest BCUT2D eigenvalue weighted by atomic mass is 9.95. The second-order valence-electron chi connectivity index (χ2n) is 5.06. The van der Waals surface area contributed by atoms with Crippen LogP contribution in [0.5, 0.6) is 0 Å². The van der Waals surface area contributed by atoms with Crippen LogP contribution in [-0.2, 0) is 4.79 Å². The first kappa shape index (κ1) is 10.9. The molecule has 0 aromatic heterocycles. The third kappa shape index (κ3) is 2.70. The van der Waals surface area contributed by atoms with E-state index in [0.717, 1.165) is 24.8 Å². The lowest BCUT2D eigenvalue weighted by Crippen LogP contribution is -2.08. The van der Waals surface area contributed by atoms with Crippen molar-refractivity contribution in [1.29, 1.82) is 0 Å². The van der Waals surface area contributed by atoms with E-state index in [0.29, 0.717) is 17.6 Å². The molecule has 2 aliphatic rings. The van der Waals surface area contributed by atoms with Crippen LogP contribution in [0.3, 0.4) is 0 Å². The van der Waals surface area contributed by atoms with E-state index in [2.05, 4.69) is 13.0 Å². The Balaban J connectivity index is 1.93. The smallest absolute Gasteiger partial charge is 0.161 e. The lowest BCUT2D eigenvalue weighted by molar-refractivity contribution is -0.117. The molecule has 1 fully saturated rings. The topological polar surface area (TPSA) is 17.1 Å². The van der Waals surface area contributed by atoms with Gasteiger partial charge < -0.3 is 0 Å². The molecule has 2 unspecified atom stereocenters. The molecule has 0 radical (unpaired) electrons. The van der Waals surface area contributed by atoms with Crippen molar-refractivity contribution in [2.24, 2.45) is 11.8 Å². The van der Waals surface area contributed by atoms with Crippen LogP contribution in [0.1, 0.15) is 58.3 Å². The van der Waals surface area contributed by atoms with Gasteiger partial charge in [0.05, 0.1) is 0 Å². The molecule has 2 aliphatic carbocycles. The monoisotopic (exact) mass is 206 g/mol. The van der Waals surface area contributed by atoms with Crippen LogP contribution in [0.15, 0.2) is 11.6 Å². The quantitative estimate of drug-likeness (QED) is 0.685. The first-order valence-electron chi connectivity index (χ1n) is 6.56. The van der Waals surface area contributed by atoms with Gasteiger partial charge in [-0.3, -0.25) is 4.79 Å². The molecule has 2 atom stereocenters. The predicted octanol–water partition coefficient (Wildman–Crippen LogP) is 3.88. The van der Waals surface area contributed by atoms with E-state index in [1.165, 1.54) is 32.1 Å². The van der Waals surface area contributed by atoms with E-state index >= 15 is 0 Å². The van der Waals surface area contributed by atoms with E-state index < -0.39 is 0 Å². The molecule has 1 heteroatoms. The van der Waals surface area contributed by atoms with Crippen molar-refractivity contribution in [3.8, 4) is 0 Å². The van der Waals surface area contributed by atoms with Gasteiger partial charge in [0.25, 0.3) is 0 Å². The van der Waals surface area contributed by atoms with Gasteiger partial charge in [0.1, 0.15) is 0 Å². The van der Waals surface area contributed by atoms with Crippen molar-refractivity contribution >= 4 is 5.78 Å². The number of hydrogen-bond donors (Lipinski definition) is 0. The first-order chi connectivity index (χ1) is 7.33. The number of allylic oxidation sites excluding steroid dienone is 2. The van der Waals surface area contributed by atoms with Crippen LogP contribution in [0, 0.1) is 11.8 Å². The van der Waals surface area contributed by atoms with Gasteiger partial charge in [-0.2, -0.15) is 0 Å². The molecule has 0 spiro atoms. The maximum Gasteiger partial charge on any atom is 0.161 e. The van der Waals surface area contributed by atoms with Gasteiger partial charge in [0, 0.05) is 5.92 Å². The molecule has 0 amide bonds. The highest BCUT2D eigenvalue weighted by Crippen LogP contribution is 2.43. The maximum absolute atomic E-state index is 12.1. The van der Waals surface area contributed by atoms with Crippen molar-refractivity contribution in [3.63, 3.8) is 0 Å². The fourth-order valence-electron chi connectivity index (χ4n) is 2.67. The van der Waals surface area contributed by atoms with E-state index in [4.69, 9.17) is 0 Å². The summed E-state index contributed by atoms with van der Waals surface area (Å²) in [6, 6.07) is 0. The summed E-state index contributed by atoms with van der Waals surface area (Å²) in [5.74, 6) is 1.60. The lowest BCUT2D eigenvalue weighted by Gasteiger charge is -2.10. The fraction of sp³-hybridized carbons (Fsp3) is 0.786. The Morgan fingerprint density at radius 1 is 1.33 bits per heavy atom. The van der Waals surface area contributed by atoms with E-state index in [9.17, 15) is 4.79 Å². The molecule has 1 saturated carbocycles. The second-order valence-corrected chi connectivity index (χ2v) is 5.06. The molecular formula is C14H22O. The minimum absolute atomic E-state index is 0.403. The Labute approximate surface area is 92.9 Å². The summed E-state index contributed by atoms with van der Waals surface area (Å²) in [6.07, 6.45) is 11.9. The molecule has 0 aromatic rings. The van der Waals surface area contributed by atoms with Crippen molar-refractivity contribution < 1.29 is 4.79 Å². The Bertz CT molecular complexity index is 265. The number of rotatable bonds is 3. The molecule has 15 heavy (non-hydrogen) atoms. The summed E-state index contributed by atoms with van der Waals surface area (Å²) < 4.78 is 0. The van der Waals surface area contributed by atoms with E-state index in [1.54, 1.807) is 0 Å². The van der Waals surface area contributed by atoms with Crippen LogP contribution in [-0.4, -0.2) is 5.78 Å². The van der Waals surface area contributed by atoms with Crippen molar-refractivity contribution in [3.05, 3.63) is 11.6 Å². The Morgan fingerprint density at radius 3 is 2.87 bits per heavy atom. The average molecular weight is 206 g/mol. The molecule has 1 nitrogen and oxygen atoms in total. The molecule has 0 heterocycles. The zero-order valence-corrected chi connectivity index (χ0v) is 9.80. The number of Topliss-reactive ketones (excluding diaryl/α,β-unsaturated/α-hetero) is 1. The summed E-state index contributed by atoms with van der Waals surface area (Å²) in [4.78, 5) is 12.1. The molecule has 0 saturated heterocycles. The van der Waals surface area contributed by atoms with Gasteiger partial charge >= 0.3 is 0 Å². The molecular weight excluding hydrogens is 184 g/mol. The Kier molecular flexibility index (Phi) is 3.61. The summed E-state index contributed by atoms with van der Waals surface area (Å²) in [5, 5.41) is 0. The third-order valence-electron chi connectivity index (χ3n) is 3.89. The molecule has 2 rings (SSSR count). The normalized spacial score (nSPS) is 34.9. The van der Waals surface area contributed by atoms with Gasteiger partial charge in [0.2, 0.25) is 0 Å². The first-order valence-corrected chi connectivity index (χ1v) is 6.56. The predicted molar refractivity (Wildman–Crippen MR) is 62.7 cm³/mol. The van der Waals surface area contributed by atoms with Gasteiger partial charge in [-0.05, 0) is 43.6 Å². The van der Waals surface area contributed by atoms with Crippen LogP contribution >= 0.6 is 0 Å². The highest BCUT2D eigenvalue weighted by molar-refractivity contribution is 5.98. The van der Waals surface area contributed by atoms with Gasteiger partial charge in [-0.25, -0.2) is 0 Å². The second kappa shape index (κ2) is 4.96. The van der Waals surface area contributed by atoms with Gasteiger partial charge in [-0.15, -0.1) is 0 Å². The number of carbonyl (C=O) groups is 1. The molecule has 0 aromatic carbocycles. The highest BCUT2D eigenvalue weighted by Gasteiger charge is 2.41. The minimum Gasteiger partial charge on any atom is -0.294 e. The SMILES string of the molecule is CCC1CC1C(=O)/C1=C/CCCCCC1. The number of hydrogen-bond acceptors (Lipinski definition) is 1. The summed E-state index contributed by atoms with van der Waals surface area (Å²) in [5.41, 5.74) is 1.16. The summed E-state index contributed by atoms with van der Waals surface area (Å²) in [7, 11) is 0. The van der Waals surface area contributed by atoms with E-state index in [1.807, 2.05) is 0 Å². The van der Waals surface area contributed by atoms with Gasteiger partial charge in [-0.1, -0.05) is 32.3 Å². The zero-order valence-electron chi connectivity index (χ0n) is 9.80. The van der Waals surface area contributed by atoms with Crippen LogP contribution in [0.4, 0.5) is 0 Å². The van der Waals surface area contributed by atoms with Crippen molar-refractivity contribution in [1.82, 2.24) is 0 Å². The van der Waals surface area contributed by atoms with Crippen LogP contribution < -0.4 is 0 Å². The highest BCUT2D eigenvalue weighted by atomic mass is 16.1. The van der Waals surface area contributed by atoms with Crippen LogP contribution in [0.25, 0.3) is 0 Å². The Hall–Kier alpha value is -0.590. The fourth-order valence-corrected chi connectivity index (χ4v) is 2.67. The molecule has 0 aliphatic heterocycles. The summed E-state index contributed by atoms with van der Waals surface area (Å²) >= 11 is 0. The summed E-state index contributed by atoms with van der Waals surface area (Å²) in [6.45, 7) is 2.20. The van der Waals surface area contributed by atoms with Crippen molar-refractivity contribution in [2.45, 2.75) is 58.3 Å². The Morgan fingerprint density at radius 2 is 2.13 bits per heavy atom. The van der Waals surface area contributed by atoms with Crippen LogP contribution in [0.2, 0.25) is 0 Å². The molecule has 0 bridgehead atoms. The van der Waals surface area contributed by atoms with Crippen molar-refractivity contribution in [2.75, 3.05) is 0 Å².